The van der Waals surface area contributed by atoms with Gasteiger partial charge < -0.3 is 10.2 Å². The first-order valence-electron chi connectivity index (χ1n) is 11.2. The van der Waals surface area contributed by atoms with Crippen molar-refractivity contribution >= 4 is 58.4 Å². The van der Waals surface area contributed by atoms with Gasteiger partial charge in [0, 0.05) is 39.0 Å². The van der Waals surface area contributed by atoms with Crippen LogP contribution in [0.15, 0.2) is 47.4 Å². The number of carbonyl (C=O) groups excluding carboxylic acids is 2. The van der Waals surface area contributed by atoms with Crippen molar-refractivity contribution in [1.82, 2.24) is 10.2 Å². The van der Waals surface area contributed by atoms with Crippen LogP contribution in [0.25, 0.3) is 0 Å². The molecule has 0 aromatic heterocycles. The summed E-state index contributed by atoms with van der Waals surface area (Å²) in [5.41, 5.74) is 0.764. The largest absolute Gasteiger partial charge is 0.352 e. The van der Waals surface area contributed by atoms with Crippen molar-refractivity contribution in [2.75, 3.05) is 5.75 Å². The lowest BCUT2D eigenvalue weighted by atomic mass is 10.1. The molecule has 0 unspecified atom stereocenters. The molecule has 33 heavy (non-hydrogen) atoms. The highest BCUT2D eigenvalue weighted by molar-refractivity contribution is 7.99. The third kappa shape index (κ3) is 9.05. The van der Waals surface area contributed by atoms with E-state index >= 15 is 0 Å². The van der Waals surface area contributed by atoms with Gasteiger partial charge in [-0.3, -0.25) is 9.59 Å². The van der Waals surface area contributed by atoms with E-state index in [1.165, 1.54) is 0 Å². The number of amides is 2. The molecular formula is C25H31Cl3N2O2S. The van der Waals surface area contributed by atoms with Crippen LogP contribution >= 0.6 is 46.6 Å². The molecule has 0 saturated heterocycles. The lowest BCUT2D eigenvalue weighted by Gasteiger charge is -2.32. The summed E-state index contributed by atoms with van der Waals surface area (Å²) in [5.74, 6) is 0.586. The summed E-state index contributed by atoms with van der Waals surface area (Å²) in [4.78, 5) is 29.0. The third-order valence-electron chi connectivity index (χ3n) is 5.36. The van der Waals surface area contributed by atoms with E-state index < -0.39 is 6.04 Å². The fourth-order valence-electron chi connectivity index (χ4n) is 3.28. The first kappa shape index (κ1) is 27.8. The van der Waals surface area contributed by atoms with Crippen LogP contribution in [-0.4, -0.2) is 34.6 Å². The van der Waals surface area contributed by atoms with Crippen LogP contribution in [0.1, 0.15) is 52.0 Å². The maximum absolute atomic E-state index is 13.3. The van der Waals surface area contributed by atoms with Gasteiger partial charge in [-0.25, -0.2) is 0 Å². The summed E-state index contributed by atoms with van der Waals surface area (Å²) in [6.45, 7) is 6.15. The van der Waals surface area contributed by atoms with Crippen LogP contribution in [0.5, 0.6) is 0 Å². The minimum atomic E-state index is -0.567. The molecule has 0 heterocycles. The van der Waals surface area contributed by atoms with E-state index in [1.807, 2.05) is 45.0 Å². The van der Waals surface area contributed by atoms with E-state index in [1.54, 1.807) is 34.9 Å². The Morgan fingerprint density at radius 3 is 2.27 bits per heavy atom. The number of hydrogen-bond donors (Lipinski definition) is 1. The van der Waals surface area contributed by atoms with Crippen LogP contribution in [0.2, 0.25) is 15.1 Å². The van der Waals surface area contributed by atoms with Crippen molar-refractivity contribution < 1.29 is 9.59 Å². The first-order valence-corrected chi connectivity index (χ1v) is 13.3. The summed E-state index contributed by atoms with van der Waals surface area (Å²) in [5, 5.41) is 4.73. The molecule has 2 atom stereocenters. The zero-order valence-electron chi connectivity index (χ0n) is 19.2. The summed E-state index contributed by atoms with van der Waals surface area (Å²) in [6.07, 6.45) is 2.37. The normalized spacial score (nSPS) is 12.8. The second-order valence-corrected chi connectivity index (χ2v) is 10.4. The second kappa shape index (κ2) is 14.1. The molecule has 1 N–H and O–H groups in total. The number of carbonyl (C=O) groups is 2. The second-order valence-electron chi connectivity index (χ2n) is 7.91. The van der Waals surface area contributed by atoms with Gasteiger partial charge in [-0.05, 0) is 73.9 Å². The van der Waals surface area contributed by atoms with Gasteiger partial charge >= 0.3 is 0 Å². The molecule has 2 aromatic carbocycles. The van der Waals surface area contributed by atoms with Crippen molar-refractivity contribution in [3.05, 3.63) is 63.1 Å². The van der Waals surface area contributed by atoms with Crippen LogP contribution in [0, 0.1) is 0 Å². The molecule has 0 bridgehead atoms. The lowest BCUT2D eigenvalue weighted by Crippen LogP contribution is -2.50. The van der Waals surface area contributed by atoms with Gasteiger partial charge in [-0.15, -0.1) is 11.8 Å². The molecule has 4 nitrogen and oxygen atoms in total. The molecule has 0 fully saturated rings. The highest BCUT2D eigenvalue weighted by atomic mass is 35.5. The van der Waals surface area contributed by atoms with E-state index in [0.29, 0.717) is 34.3 Å². The minimum Gasteiger partial charge on any atom is -0.352 e. The van der Waals surface area contributed by atoms with Gasteiger partial charge in [0.05, 0.1) is 0 Å². The number of nitrogens with zero attached hydrogens (tertiary/aromatic N) is 1. The van der Waals surface area contributed by atoms with Crippen molar-refractivity contribution in [3.63, 3.8) is 0 Å². The Labute approximate surface area is 216 Å². The van der Waals surface area contributed by atoms with Gasteiger partial charge in [0.2, 0.25) is 11.8 Å². The lowest BCUT2D eigenvalue weighted by molar-refractivity contribution is -0.141. The molecule has 0 aliphatic carbocycles. The Balaban J connectivity index is 2.10. The van der Waals surface area contributed by atoms with Crippen LogP contribution in [0.3, 0.4) is 0 Å². The Bertz CT molecular complexity index is 924. The molecule has 8 heteroatoms. The van der Waals surface area contributed by atoms with Gasteiger partial charge in [0.25, 0.3) is 0 Å². The van der Waals surface area contributed by atoms with E-state index in [-0.39, 0.29) is 24.4 Å². The summed E-state index contributed by atoms with van der Waals surface area (Å²) < 4.78 is 0. The Morgan fingerprint density at radius 1 is 1.00 bits per heavy atom. The average molecular weight is 530 g/mol. The fourth-order valence-corrected chi connectivity index (χ4v) is 4.73. The van der Waals surface area contributed by atoms with Crippen LogP contribution < -0.4 is 5.32 Å². The molecule has 0 spiro atoms. The first-order chi connectivity index (χ1) is 15.7. The monoisotopic (exact) mass is 528 g/mol. The number of rotatable bonds is 12. The number of thioether (sulfide) groups is 1. The average Bonchev–Trinajstić information content (AvgIpc) is 2.78. The highest BCUT2D eigenvalue weighted by Crippen LogP contribution is 2.25. The quantitative estimate of drug-likeness (QED) is 0.233. The Morgan fingerprint density at radius 2 is 1.67 bits per heavy atom. The number of hydrogen-bond acceptors (Lipinski definition) is 3. The number of halogens is 3. The molecule has 2 aromatic rings. The van der Waals surface area contributed by atoms with Crippen molar-refractivity contribution in [2.45, 2.75) is 70.0 Å². The van der Waals surface area contributed by atoms with E-state index in [0.717, 1.165) is 22.6 Å². The maximum atomic E-state index is 13.3. The standard InChI is InChI=1S/C25H31Cl3N2O2S/c1-4-17(3)29-25(32)23(5-2)30(16-18-8-9-20(27)15-22(18)28)24(31)7-6-14-33-21-12-10-19(26)11-13-21/h8-13,15,17,23H,4-7,14,16H2,1-3H3,(H,29,32)/t17-,23+/m1/s1. The van der Waals surface area contributed by atoms with E-state index in [4.69, 9.17) is 34.8 Å². The van der Waals surface area contributed by atoms with Crippen molar-refractivity contribution in [3.8, 4) is 0 Å². The maximum Gasteiger partial charge on any atom is 0.243 e. The molecule has 0 saturated carbocycles. The number of benzene rings is 2. The fraction of sp³-hybridized carbons (Fsp3) is 0.440. The predicted molar refractivity (Wildman–Crippen MR) is 140 cm³/mol. The number of nitrogens with one attached hydrogen (secondary N) is 1. The molecule has 0 aliphatic heterocycles. The van der Waals surface area contributed by atoms with Crippen molar-refractivity contribution in [1.29, 1.82) is 0 Å². The van der Waals surface area contributed by atoms with Gasteiger partial charge in [-0.1, -0.05) is 54.7 Å². The molecule has 2 rings (SSSR count). The Kier molecular flexibility index (Phi) is 11.9. The molecular weight excluding hydrogens is 499 g/mol. The van der Waals surface area contributed by atoms with Crippen LogP contribution in [0.4, 0.5) is 0 Å². The van der Waals surface area contributed by atoms with E-state index in [2.05, 4.69) is 5.32 Å². The predicted octanol–water partition coefficient (Wildman–Crippen LogP) is 7.24. The SMILES string of the molecule is CC[C@@H](C)NC(=O)[C@H](CC)N(Cc1ccc(Cl)cc1Cl)C(=O)CCCSc1ccc(Cl)cc1. The van der Waals surface area contributed by atoms with Gasteiger partial charge in [0.15, 0.2) is 0 Å². The Hall–Kier alpha value is -1.40. The van der Waals surface area contributed by atoms with E-state index in [9.17, 15) is 9.59 Å². The summed E-state index contributed by atoms with van der Waals surface area (Å²) in [7, 11) is 0. The smallest absolute Gasteiger partial charge is 0.243 e. The van der Waals surface area contributed by atoms with Gasteiger partial charge in [-0.2, -0.15) is 0 Å². The van der Waals surface area contributed by atoms with Crippen LogP contribution in [-0.2, 0) is 16.1 Å². The highest BCUT2D eigenvalue weighted by Gasteiger charge is 2.29. The zero-order valence-corrected chi connectivity index (χ0v) is 22.3. The summed E-state index contributed by atoms with van der Waals surface area (Å²) in [6, 6.07) is 12.3. The van der Waals surface area contributed by atoms with Crippen molar-refractivity contribution in [2.24, 2.45) is 0 Å². The molecule has 0 radical (unpaired) electrons. The molecule has 2 amide bonds. The molecule has 180 valence electrons. The third-order valence-corrected chi connectivity index (χ3v) is 7.30. The topological polar surface area (TPSA) is 49.4 Å². The summed E-state index contributed by atoms with van der Waals surface area (Å²) >= 11 is 20.0. The molecule has 0 aliphatic rings. The van der Waals surface area contributed by atoms with Gasteiger partial charge in [0.1, 0.15) is 6.04 Å². The minimum absolute atomic E-state index is 0.0402. The zero-order chi connectivity index (χ0) is 24.4.